The molecule has 10 nitrogen and oxygen atoms in total. The Balaban J connectivity index is 1.56. The Morgan fingerprint density at radius 1 is 1.03 bits per heavy atom. The van der Waals surface area contributed by atoms with Crippen molar-refractivity contribution in [3.63, 3.8) is 0 Å². The number of hydrogen-bond donors (Lipinski definition) is 1. The molecule has 0 aliphatic carbocycles. The molecule has 0 bridgehead atoms. The Morgan fingerprint density at radius 3 is 2.57 bits per heavy atom. The van der Waals surface area contributed by atoms with Crippen LogP contribution in [-0.2, 0) is 6.54 Å². The second kappa shape index (κ2) is 10.1. The van der Waals surface area contributed by atoms with Gasteiger partial charge >= 0.3 is 0 Å². The van der Waals surface area contributed by atoms with E-state index in [0.717, 1.165) is 12.1 Å². The Labute approximate surface area is 210 Å². The molecular formula is C25H22F2N8O2. The van der Waals surface area contributed by atoms with E-state index in [2.05, 4.69) is 35.3 Å². The highest BCUT2D eigenvalue weighted by molar-refractivity contribution is 5.91. The van der Waals surface area contributed by atoms with E-state index in [4.69, 9.17) is 9.47 Å². The molecule has 0 fully saturated rings. The summed E-state index contributed by atoms with van der Waals surface area (Å²) in [6, 6.07) is 5.76. The first-order chi connectivity index (χ1) is 18.0. The molecule has 1 aromatic carbocycles. The van der Waals surface area contributed by atoms with E-state index in [1.165, 1.54) is 18.0 Å². The summed E-state index contributed by atoms with van der Waals surface area (Å²) in [6.07, 6.45) is 6.31. The maximum atomic E-state index is 14.8. The Bertz CT molecular complexity index is 1570. The first kappa shape index (κ1) is 24.0. The number of rotatable bonds is 8. The molecule has 1 N–H and O–H groups in total. The van der Waals surface area contributed by atoms with Crippen LogP contribution in [0.25, 0.3) is 22.4 Å². The molecular weight excluding hydrogens is 482 g/mol. The molecule has 0 spiro atoms. The summed E-state index contributed by atoms with van der Waals surface area (Å²) in [5.41, 5.74) is 0.819. The number of nitrogens with zero attached hydrogens (tertiary/aromatic N) is 7. The predicted octanol–water partition coefficient (Wildman–Crippen LogP) is 4.46. The Hall–Kier alpha value is -4.74. The molecule has 0 aliphatic rings. The third kappa shape index (κ3) is 4.85. The van der Waals surface area contributed by atoms with Gasteiger partial charge in [0.1, 0.15) is 34.7 Å². The molecule has 0 saturated carbocycles. The smallest absolute Gasteiger partial charge is 0.183 e. The van der Waals surface area contributed by atoms with Crippen molar-refractivity contribution in [2.75, 3.05) is 19.0 Å². The number of aryl methyl sites for hydroxylation is 1. The molecule has 0 amide bonds. The number of benzene rings is 1. The molecule has 188 valence electrons. The molecule has 5 aromatic rings. The minimum absolute atomic E-state index is 0.125. The lowest BCUT2D eigenvalue weighted by atomic mass is 10.2. The van der Waals surface area contributed by atoms with Gasteiger partial charge in [-0.05, 0) is 26.0 Å². The fraction of sp³-hybridized carbons (Fsp3) is 0.200. The van der Waals surface area contributed by atoms with Crippen LogP contribution in [0.5, 0.6) is 11.5 Å². The summed E-state index contributed by atoms with van der Waals surface area (Å²) in [7, 11) is 1.50. The van der Waals surface area contributed by atoms with Crippen LogP contribution in [-0.4, -0.2) is 48.4 Å². The fourth-order valence-electron chi connectivity index (χ4n) is 3.81. The highest BCUT2D eigenvalue weighted by Crippen LogP contribution is 2.31. The lowest BCUT2D eigenvalue weighted by molar-refractivity contribution is 0.335. The van der Waals surface area contributed by atoms with E-state index < -0.39 is 11.6 Å². The van der Waals surface area contributed by atoms with Crippen LogP contribution < -0.4 is 14.8 Å². The minimum Gasteiger partial charge on any atom is -0.494 e. The van der Waals surface area contributed by atoms with Crippen LogP contribution in [0.2, 0.25) is 0 Å². The van der Waals surface area contributed by atoms with Gasteiger partial charge in [0, 0.05) is 35.5 Å². The maximum Gasteiger partial charge on any atom is 0.183 e. The van der Waals surface area contributed by atoms with E-state index in [0.29, 0.717) is 46.4 Å². The Kier molecular flexibility index (Phi) is 6.54. The third-order valence-electron chi connectivity index (χ3n) is 5.50. The molecule has 0 saturated heterocycles. The van der Waals surface area contributed by atoms with Crippen LogP contribution in [0.3, 0.4) is 0 Å². The summed E-state index contributed by atoms with van der Waals surface area (Å²) in [5, 5.41) is 8.38. The molecule has 0 atom stereocenters. The maximum absolute atomic E-state index is 14.8. The summed E-state index contributed by atoms with van der Waals surface area (Å²) >= 11 is 0. The van der Waals surface area contributed by atoms with E-state index in [1.54, 1.807) is 44.6 Å². The van der Waals surface area contributed by atoms with Crippen molar-refractivity contribution >= 4 is 22.5 Å². The van der Waals surface area contributed by atoms with Gasteiger partial charge in [0.25, 0.3) is 0 Å². The van der Waals surface area contributed by atoms with Gasteiger partial charge in [-0.15, -0.1) is 0 Å². The third-order valence-corrected chi connectivity index (χ3v) is 5.50. The summed E-state index contributed by atoms with van der Waals surface area (Å²) in [5.74, 6) is 0.807. The van der Waals surface area contributed by atoms with Crippen molar-refractivity contribution < 1.29 is 18.3 Å². The van der Waals surface area contributed by atoms with E-state index in [1.807, 2.05) is 0 Å². The van der Waals surface area contributed by atoms with Gasteiger partial charge in [0.05, 0.1) is 38.2 Å². The summed E-state index contributed by atoms with van der Waals surface area (Å²) in [4.78, 5) is 21.6. The Morgan fingerprint density at radius 2 is 1.84 bits per heavy atom. The fourth-order valence-corrected chi connectivity index (χ4v) is 3.81. The van der Waals surface area contributed by atoms with Crippen molar-refractivity contribution in [3.8, 4) is 23.0 Å². The van der Waals surface area contributed by atoms with Crippen molar-refractivity contribution in [3.05, 3.63) is 72.1 Å². The monoisotopic (exact) mass is 504 g/mol. The van der Waals surface area contributed by atoms with Crippen LogP contribution in [0.15, 0.2) is 49.1 Å². The van der Waals surface area contributed by atoms with Crippen molar-refractivity contribution in [2.24, 2.45) is 0 Å². The van der Waals surface area contributed by atoms with Crippen LogP contribution in [0, 0.1) is 18.6 Å². The first-order valence-corrected chi connectivity index (χ1v) is 11.4. The average molecular weight is 505 g/mol. The predicted molar refractivity (Wildman–Crippen MR) is 132 cm³/mol. The van der Waals surface area contributed by atoms with Gasteiger partial charge < -0.3 is 14.8 Å². The second-order valence-electron chi connectivity index (χ2n) is 7.92. The van der Waals surface area contributed by atoms with Crippen LogP contribution in [0.1, 0.15) is 18.3 Å². The lowest BCUT2D eigenvalue weighted by Gasteiger charge is -2.10. The van der Waals surface area contributed by atoms with E-state index >= 15 is 0 Å². The van der Waals surface area contributed by atoms with Gasteiger partial charge in [-0.25, -0.2) is 28.7 Å². The largest absolute Gasteiger partial charge is 0.494 e. The number of halogens is 2. The molecule has 4 aromatic heterocycles. The highest BCUT2D eigenvalue weighted by Gasteiger charge is 2.20. The number of methoxy groups -OCH3 is 1. The minimum atomic E-state index is -0.732. The number of aromatic nitrogens is 7. The zero-order valence-electron chi connectivity index (χ0n) is 20.2. The molecule has 0 unspecified atom stereocenters. The number of anilines is 2. The summed E-state index contributed by atoms with van der Waals surface area (Å²) in [6.45, 7) is 3.64. The first-order valence-electron chi connectivity index (χ1n) is 11.4. The topological polar surface area (TPSA) is 113 Å². The molecule has 4 heterocycles. The molecule has 12 heteroatoms. The average Bonchev–Trinajstić information content (AvgIpc) is 3.25. The highest BCUT2D eigenvalue weighted by atomic mass is 19.1. The van der Waals surface area contributed by atoms with Crippen LogP contribution in [0.4, 0.5) is 20.4 Å². The van der Waals surface area contributed by atoms with Gasteiger partial charge in [0.15, 0.2) is 17.4 Å². The van der Waals surface area contributed by atoms with Gasteiger partial charge in [-0.2, -0.15) is 5.10 Å². The number of pyridine rings is 1. The zero-order chi connectivity index (χ0) is 25.9. The van der Waals surface area contributed by atoms with Crippen molar-refractivity contribution in [1.29, 1.82) is 0 Å². The summed E-state index contributed by atoms with van der Waals surface area (Å²) < 4.78 is 41.7. The molecule has 37 heavy (non-hydrogen) atoms. The molecule has 0 aliphatic heterocycles. The molecule has 0 radical (unpaired) electrons. The molecule has 5 rings (SSSR count). The van der Waals surface area contributed by atoms with Crippen molar-refractivity contribution in [2.45, 2.75) is 20.4 Å². The van der Waals surface area contributed by atoms with Crippen LogP contribution >= 0.6 is 0 Å². The van der Waals surface area contributed by atoms with Gasteiger partial charge in [0.2, 0.25) is 0 Å². The lowest BCUT2D eigenvalue weighted by Crippen LogP contribution is -2.08. The standard InChI is InChI=1S/C25H22F2N8O2/c1-4-37-15-9-18(26)17(19(27)10-15)13-35-20-11-28-7-5-16(20)23(34-35)25-30-12-21(36-3)24(33-25)32-22-6-8-29-14(2)31-22/h5-12H,4,13H2,1-3H3,(H,29,30,31,32,33). The van der Waals surface area contributed by atoms with E-state index in [-0.39, 0.29) is 23.7 Å². The van der Waals surface area contributed by atoms with Gasteiger partial charge in [-0.3, -0.25) is 9.67 Å². The van der Waals surface area contributed by atoms with E-state index in [9.17, 15) is 8.78 Å². The quantitative estimate of drug-likeness (QED) is 0.327. The second-order valence-corrected chi connectivity index (χ2v) is 7.92. The van der Waals surface area contributed by atoms with Gasteiger partial charge in [-0.1, -0.05) is 0 Å². The normalized spacial score (nSPS) is 11.1. The SMILES string of the molecule is CCOc1cc(F)c(Cn2nc(-c3ncc(OC)c(Nc4ccnc(C)n4)n3)c3ccncc32)c(F)c1. The zero-order valence-corrected chi connectivity index (χ0v) is 20.2. The number of nitrogens with one attached hydrogen (secondary N) is 1. The number of hydrogen-bond acceptors (Lipinski definition) is 9. The number of fused-ring (bicyclic) bond motifs is 1. The number of ether oxygens (including phenoxy) is 2. The van der Waals surface area contributed by atoms with Crippen molar-refractivity contribution in [1.82, 2.24) is 34.7 Å².